The zero-order valence-corrected chi connectivity index (χ0v) is 17.4. The summed E-state index contributed by atoms with van der Waals surface area (Å²) in [6, 6.07) is 24.2. The summed E-state index contributed by atoms with van der Waals surface area (Å²) in [6.07, 6.45) is 1.77. The number of carbonyl (C=O) groups is 2. The number of hydrogen-bond acceptors (Lipinski definition) is 2. The van der Waals surface area contributed by atoms with Gasteiger partial charge in [0.15, 0.2) is 0 Å². The molecule has 2 amide bonds. The third kappa shape index (κ3) is 4.13. The van der Waals surface area contributed by atoms with Crippen LogP contribution in [0.3, 0.4) is 0 Å². The predicted molar refractivity (Wildman–Crippen MR) is 120 cm³/mol. The molecule has 0 spiro atoms. The Morgan fingerprint density at radius 1 is 0.933 bits per heavy atom. The maximum absolute atomic E-state index is 13.1. The van der Waals surface area contributed by atoms with Crippen LogP contribution < -0.4 is 10.6 Å². The van der Waals surface area contributed by atoms with E-state index >= 15 is 0 Å². The molecule has 152 valence electrons. The summed E-state index contributed by atoms with van der Waals surface area (Å²) in [7, 11) is 0. The number of rotatable bonds is 6. The third-order valence-electron chi connectivity index (χ3n) is 5.81. The molecular formula is C26H26N2O2. The lowest BCUT2D eigenvalue weighted by molar-refractivity contribution is -0.119. The minimum absolute atomic E-state index is 0.0395. The molecule has 4 nitrogen and oxygen atoms in total. The van der Waals surface area contributed by atoms with Crippen molar-refractivity contribution in [3.63, 3.8) is 0 Å². The lowest BCUT2D eigenvalue weighted by Crippen LogP contribution is -2.27. The van der Waals surface area contributed by atoms with Crippen molar-refractivity contribution in [1.82, 2.24) is 5.32 Å². The maximum atomic E-state index is 13.1. The molecule has 1 aliphatic rings. The fraction of sp³-hybridized carbons (Fsp3) is 0.231. The minimum atomic E-state index is -0.391. The largest absolute Gasteiger partial charge is 0.352 e. The van der Waals surface area contributed by atoms with Gasteiger partial charge in [0.05, 0.1) is 5.41 Å². The van der Waals surface area contributed by atoms with Gasteiger partial charge in [-0.15, -0.1) is 0 Å². The monoisotopic (exact) mass is 398 g/mol. The van der Waals surface area contributed by atoms with E-state index in [9.17, 15) is 9.59 Å². The van der Waals surface area contributed by atoms with E-state index in [4.69, 9.17) is 0 Å². The van der Waals surface area contributed by atoms with Gasteiger partial charge in [0.1, 0.15) is 0 Å². The number of hydrogen-bond donors (Lipinski definition) is 2. The summed E-state index contributed by atoms with van der Waals surface area (Å²) in [6.45, 7) is 4.10. The van der Waals surface area contributed by atoms with E-state index in [1.54, 1.807) is 0 Å². The Morgan fingerprint density at radius 3 is 2.27 bits per heavy atom. The van der Waals surface area contributed by atoms with Gasteiger partial charge in [-0.3, -0.25) is 9.59 Å². The van der Waals surface area contributed by atoms with Gasteiger partial charge in [0.25, 0.3) is 0 Å². The quantitative estimate of drug-likeness (QED) is 0.616. The predicted octanol–water partition coefficient (Wildman–Crippen LogP) is 4.97. The lowest BCUT2D eigenvalue weighted by atomic mass is 9.94. The zero-order valence-electron chi connectivity index (χ0n) is 17.4. The zero-order chi connectivity index (χ0) is 21.1. The van der Waals surface area contributed by atoms with E-state index < -0.39 is 5.41 Å². The van der Waals surface area contributed by atoms with E-state index in [2.05, 4.69) is 29.7 Å². The Morgan fingerprint density at radius 2 is 1.63 bits per heavy atom. The van der Waals surface area contributed by atoms with Crippen molar-refractivity contribution in [3.8, 4) is 11.1 Å². The molecule has 0 unspecified atom stereocenters. The first-order valence-corrected chi connectivity index (χ1v) is 10.3. The molecule has 30 heavy (non-hydrogen) atoms. The van der Waals surface area contributed by atoms with Crippen molar-refractivity contribution in [2.24, 2.45) is 0 Å². The van der Waals surface area contributed by atoms with Gasteiger partial charge in [-0.1, -0.05) is 60.7 Å². The first-order valence-electron chi connectivity index (χ1n) is 10.3. The van der Waals surface area contributed by atoms with E-state index in [-0.39, 0.29) is 11.8 Å². The Bertz CT molecular complexity index is 1070. The number of amides is 2. The van der Waals surface area contributed by atoms with Gasteiger partial charge in [-0.05, 0) is 59.7 Å². The molecule has 1 saturated carbocycles. The minimum Gasteiger partial charge on any atom is -0.352 e. The van der Waals surface area contributed by atoms with Gasteiger partial charge in [0.2, 0.25) is 11.8 Å². The fourth-order valence-corrected chi connectivity index (χ4v) is 3.82. The van der Waals surface area contributed by atoms with Gasteiger partial charge in [-0.25, -0.2) is 0 Å². The van der Waals surface area contributed by atoms with Crippen LogP contribution in [0.5, 0.6) is 0 Å². The van der Waals surface area contributed by atoms with E-state index in [1.165, 1.54) is 6.92 Å². The number of anilines is 1. The van der Waals surface area contributed by atoms with Crippen molar-refractivity contribution in [2.75, 3.05) is 5.32 Å². The van der Waals surface area contributed by atoms with Crippen molar-refractivity contribution in [2.45, 2.75) is 38.6 Å². The highest BCUT2D eigenvalue weighted by Crippen LogP contribution is 2.49. The lowest BCUT2D eigenvalue weighted by Gasteiger charge is -2.17. The molecule has 0 aliphatic heterocycles. The summed E-state index contributed by atoms with van der Waals surface area (Å²) < 4.78 is 0. The Labute approximate surface area is 177 Å². The second kappa shape index (κ2) is 8.15. The third-order valence-corrected chi connectivity index (χ3v) is 5.81. The highest BCUT2D eigenvalue weighted by molar-refractivity contribution is 6.01. The topological polar surface area (TPSA) is 58.2 Å². The number of aryl methyl sites for hydroxylation is 1. The summed E-state index contributed by atoms with van der Waals surface area (Å²) in [5, 5.41) is 5.95. The summed E-state index contributed by atoms with van der Waals surface area (Å²) in [5.41, 5.74) is 5.87. The molecule has 0 aromatic heterocycles. The van der Waals surface area contributed by atoms with Crippen LogP contribution in [0.1, 0.15) is 36.5 Å². The van der Waals surface area contributed by atoms with Crippen molar-refractivity contribution in [3.05, 3.63) is 89.5 Å². The summed E-state index contributed by atoms with van der Waals surface area (Å²) in [4.78, 5) is 24.2. The first-order chi connectivity index (χ1) is 14.5. The highest BCUT2D eigenvalue weighted by atomic mass is 16.2. The first kappa shape index (κ1) is 19.9. The maximum Gasteiger partial charge on any atom is 0.235 e. The average molecular weight is 399 g/mol. The molecule has 0 radical (unpaired) electrons. The van der Waals surface area contributed by atoms with E-state index in [0.29, 0.717) is 6.54 Å². The molecule has 4 rings (SSSR count). The molecule has 0 heterocycles. The van der Waals surface area contributed by atoms with Crippen LogP contribution in [0.15, 0.2) is 72.8 Å². The van der Waals surface area contributed by atoms with E-state index in [0.717, 1.165) is 46.3 Å². The second-order valence-electron chi connectivity index (χ2n) is 8.04. The van der Waals surface area contributed by atoms with Gasteiger partial charge >= 0.3 is 0 Å². The van der Waals surface area contributed by atoms with Crippen molar-refractivity contribution in [1.29, 1.82) is 0 Å². The molecule has 3 aromatic carbocycles. The molecule has 0 bridgehead atoms. The van der Waals surface area contributed by atoms with Crippen molar-refractivity contribution < 1.29 is 9.59 Å². The molecule has 0 atom stereocenters. The van der Waals surface area contributed by atoms with Gasteiger partial charge < -0.3 is 10.6 Å². The Hall–Kier alpha value is -3.40. The smallest absolute Gasteiger partial charge is 0.235 e. The summed E-state index contributed by atoms with van der Waals surface area (Å²) in [5.74, 6) is 0.0245. The van der Waals surface area contributed by atoms with Crippen LogP contribution in [-0.4, -0.2) is 11.8 Å². The Kier molecular flexibility index (Phi) is 5.40. The molecule has 1 aliphatic carbocycles. The Balaban J connectivity index is 1.52. The van der Waals surface area contributed by atoms with Crippen LogP contribution in [0.4, 0.5) is 5.69 Å². The number of carbonyl (C=O) groups excluding carboxylic acids is 2. The number of benzene rings is 3. The molecule has 0 saturated heterocycles. The van der Waals surface area contributed by atoms with Gasteiger partial charge in [-0.2, -0.15) is 0 Å². The molecule has 3 aromatic rings. The second-order valence-corrected chi connectivity index (χ2v) is 8.04. The van der Waals surface area contributed by atoms with Crippen LogP contribution in [0.2, 0.25) is 0 Å². The molecule has 1 fully saturated rings. The molecular weight excluding hydrogens is 372 g/mol. The average Bonchev–Trinajstić information content (AvgIpc) is 3.57. The summed E-state index contributed by atoms with van der Waals surface area (Å²) >= 11 is 0. The van der Waals surface area contributed by atoms with Gasteiger partial charge in [0, 0.05) is 19.2 Å². The SMILES string of the molecule is CC(=O)NCc1ccc(-c2cc(NC(=O)C3(c4ccccc4)CC3)ccc2C)cc1. The standard InChI is InChI=1S/C26H26N2O2/c1-18-8-13-23(28-25(30)26(14-15-26)22-6-4-3-5-7-22)16-24(18)21-11-9-20(10-12-21)17-27-19(2)29/h3-13,16H,14-15,17H2,1-2H3,(H,27,29)(H,28,30). The van der Waals surface area contributed by atoms with Crippen molar-refractivity contribution >= 4 is 17.5 Å². The van der Waals surface area contributed by atoms with Crippen LogP contribution in [0, 0.1) is 6.92 Å². The van der Waals surface area contributed by atoms with Crippen LogP contribution in [0.25, 0.3) is 11.1 Å². The normalized spacial score (nSPS) is 14.1. The van der Waals surface area contributed by atoms with Crippen LogP contribution in [-0.2, 0) is 21.5 Å². The number of nitrogens with one attached hydrogen (secondary N) is 2. The van der Waals surface area contributed by atoms with E-state index in [1.807, 2.05) is 60.7 Å². The molecule has 4 heteroatoms. The molecule has 2 N–H and O–H groups in total. The highest BCUT2D eigenvalue weighted by Gasteiger charge is 2.51. The van der Waals surface area contributed by atoms with Crippen LogP contribution >= 0.6 is 0 Å². The fourth-order valence-electron chi connectivity index (χ4n) is 3.82.